The molecule has 0 radical (unpaired) electrons. The minimum Gasteiger partial charge on any atom is -0.480 e. The van der Waals surface area contributed by atoms with E-state index in [0.717, 1.165) is 19.4 Å². The van der Waals surface area contributed by atoms with Crippen molar-refractivity contribution in [2.75, 3.05) is 6.54 Å². The Morgan fingerprint density at radius 1 is 1.73 bits per heavy atom. The number of hydrogen-bond acceptors (Lipinski definition) is 2. The summed E-state index contributed by atoms with van der Waals surface area (Å²) in [5.41, 5.74) is 0. The number of carboxylic acid groups (broad SMARTS) is 1. The molecule has 2 N–H and O–H groups in total. The molecule has 0 aliphatic carbocycles. The molecule has 11 heavy (non-hydrogen) atoms. The maximum atomic E-state index is 10.4. The average molecular weight is 180 g/mol. The van der Waals surface area contributed by atoms with Crippen LogP contribution in [0.1, 0.15) is 19.8 Å². The van der Waals surface area contributed by atoms with Crippen LogP contribution in [0, 0.1) is 5.92 Å². The molecule has 0 aromatic heterocycles. The van der Waals surface area contributed by atoms with Gasteiger partial charge in [0.2, 0.25) is 0 Å². The van der Waals surface area contributed by atoms with Gasteiger partial charge in [0, 0.05) is 0 Å². The van der Waals surface area contributed by atoms with Crippen molar-refractivity contribution in [2.24, 2.45) is 5.92 Å². The first-order chi connectivity index (χ1) is 4.74. The van der Waals surface area contributed by atoms with E-state index >= 15 is 0 Å². The molecule has 4 heteroatoms. The maximum Gasteiger partial charge on any atom is 0.320 e. The predicted octanol–water partition coefficient (Wildman–Crippen LogP) is 0.881. The van der Waals surface area contributed by atoms with E-state index in [1.165, 1.54) is 0 Å². The summed E-state index contributed by atoms with van der Waals surface area (Å²) in [5.74, 6) is -0.142. The molecular formula is C7H14ClNO2. The number of rotatable bonds is 2. The van der Waals surface area contributed by atoms with Crippen LogP contribution in [0.3, 0.4) is 0 Å². The molecule has 66 valence electrons. The van der Waals surface area contributed by atoms with E-state index in [2.05, 4.69) is 12.2 Å². The lowest BCUT2D eigenvalue weighted by Gasteiger charge is -2.02. The smallest absolute Gasteiger partial charge is 0.320 e. The Morgan fingerprint density at radius 2 is 2.36 bits per heavy atom. The Morgan fingerprint density at radius 3 is 2.64 bits per heavy atom. The zero-order valence-electron chi connectivity index (χ0n) is 6.54. The Bertz CT molecular complexity index is 140. The molecule has 0 amide bonds. The molecule has 0 spiro atoms. The van der Waals surface area contributed by atoms with Gasteiger partial charge in [-0.1, -0.05) is 13.3 Å². The van der Waals surface area contributed by atoms with E-state index in [9.17, 15) is 4.79 Å². The van der Waals surface area contributed by atoms with Gasteiger partial charge in [-0.2, -0.15) is 0 Å². The summed E-state index contributed by atoms with van der Waals surface area (Å²) < 4.78 is 0. The van der Waals surface area contributed by atoms with Crippen LogP contribution in [0.2, 0.25) is 0 Å². The SMILES string of the molecule is CC[C@H]1CN[C@H](C(=O)O)C1.Cl. The van der Waals surface area contributed by atoms with Crippen molar-refractivity contribution in [3.05, 3.63) is 0 Å². The summed E-state index contributed by atoms with van der Waals surface area (Å²) in [5, 5.41) is 11.5. The number of aliphatic carboxylic acids is 1. The lowest BCUT2D eigenvalue weighted by Crippen LogP contribution is -2.29. The third-order valence-electron chi connectivity index (χ3n) is 2.10. The monoisotopic (exact) mass is 179 g/mol. The molecule has 2 atom stereocenters. The summed E-state index contributed by atoms with van der Waals surface area (Å²) >= 11 is 0. The molecule has 1 aliphatic rings. The van der Waals surface area contributed by atoms with Gasteiger partial charge in [0.1, 0.15) is 6.04 Å². The third-order valence-corrected chi connectivity index (χ3v) is 2.10. The van der Waals surface area contributed by atoms with Crippen molar-refractivity contribution in [2.45, 2.75) is 25.8 Å². The maximum absolute atomic E-state index is 10.4. The third kappa shape index (κ3) is 2.67. The highest BCUT2D eigenvalue weighted by Crippen LogP contribution is 2.16. The zero-order chi connectivity index (χ0) is 7.56. The van der Waals surface area contributed by atoms with Crippen LogP contribution >= 0.6 is 12.4 Å². The molecule has 0 unspecified atom stereocenters. The minimum atomic E-state index is -0.712. The van der Waals surface area contributed by atoms with Crippen LogP contribution in [0.4, 0.5) is 0 Å². The predicted molar refractivity (Wildman–Crippen MR) is 45.1 cm³/mol. The molecule has 0 bridgehead atoms. The van der Waals surface area contributed by atoms with E-state index in [4.69, 9.17) is 5.11 Å². The zero-order valence-corrected chi connectivity index (χ0v) is 7.36. The van der Waals surface area contributed by atoms with E-state index in [-0.39, 0.29) is 18.4 Å². The average Bonchev–Trinajstić information content (AvgIpc) is 2.34. The number of halogens is 1. The van der Waals surface area contributed by atoms with Gasteiger partial charge in [-0.25, -0.2) is 0 Å². The van der Waals surface area contributed by atoms with Gasteiger partial charge in [-0.05, 0) is 18.9 Å². The van der Waals surface area contributed by atoms with Crippen LogP contribution in [0.5, 0.6) is 0 Å². The van der Waals surface area contributed by atoms with E-state index in [1.807, 2.05) is 0 Å². The van der Waals surface area contributed by atoms with Crippen LogP contribution in [0.15, 0.2) is 0 Å². The molecular weight excluding hydrogens is 166 g/mol. The van der Waals surface area contributed by atoms with E-state index in [0.29, 0.717) is 5.92 Å². The van der Waals surface area contributed by atoms with Gasteiger partial charge in [-0.15, -0.1) is 12.4 Å². The highest BCUT2D eigenvalue weighted by atomic mass is 35.5. The van der Waals surface area contributed by atoms with Crippen LogP contribution in [-0.2, 0) is 4.79 Å². The fourth-order valence-electron chi connectivity index (χ4n) is 1.31. The van der Waals surface area contributed by atoms with Gasteiger partial charge in [0.05, 0.1) is 0 Å². The molecule has 1 heterocycles. The number of carbonyl (C=O) groups is 1. The first-order valence-electron chi connectivity index (χ1n) is 3.70. The lowest BCUT2D eigenvalue weighted by molar-refractivity contribution is -0.139. The highest BCUT2D eigenvalue weighted by Gasteiger charge is 2.27. The fraction of sp³-hybridized carbons (Fsp3) is 0.857. The summed E-state index contributed by atoms with van der Waals surface area (Å²) in [6.07, 6.45) is 1.88. The van der Waals surface area contributed by atoms with E-state index < -0.39 is 5.97 Å². The molecule has 1 rings (SSSR count). The van der Waals surface area contributed by atoms with Crippen molar-refractivity contribution >= 4 is 18.4 Å². The molecule has 1 aliphatic heterocycles. The first kappa shape index (κ1) is 10.7. The van der Waals surface area contributed by atoms with E-state index in [1.54, 1.807) is 0 Å². The van der Waals surface area contributed by atoms with Crippen molar-refractivity contribution in [1.29, 1.82) is 0 Å². The molecule has 0 saturated carbocycles. The van der Waals surface area contributed by atoms with Gasteiger partial charge < -0.3 is 10.4 Å². The van der Waals surface area contributed by atoms with Crippen molar-refractivity contribution in [1.82, 2.24) is 5.32 Å². The van der Waals surface area contributed by atoms with Crippen molar-refractivity contribution < 1.29 is 9.90 Å². The molecule has 1 saturated heterocycles. The highest BCUT2D eigenvalue weighted by molar-refractivity contribution is 5.85. The number of nitrogens with one attached hydrogen (secondary N) is 1. The minimum absolute atomic E-state index is 0. The Balaban J connectivity index is 0.000001000. The molecule has 3 nitrogen and oxygen atoms in total. The molecule has 0 aromatic carbocycles. The van der Waals surface area contributed by atoms with Gasteiger partial charge in [0.25, 0.3) is 0 Å². The quantitative estimate of drug-likeness (QED) is 0.662. The van der Waals surface area contributed by atoms with Crippen LogP contribution in [0.25, 0.3) is 0 Å². The number of carboxylic acids is 1. The second-order valence-corrected chi connectivity index (χ2v) is 2.81. The topological polar surface area (TPSA) is 49.3 Å². The van der Waals surface area contributed by atoms with Gasteiger partial charge in [-0.3, -0.25) is 4.79 Å². The summed E-state index contributed by atoms with van der Waals surface area (Å²) in [6.45, 7) is 2.96. The van der Waals surface area contributed by atoms with Gasteiger partial charge in [0.15, 0.2) is 0 Å². The lowest BCUT2D eigenvalue weighted by atomic mass is 10.0. The van der Waals surface area contributed by atoms with Crippen LogP contribution in [-0.4, -0.2) is 23.7 Å². The Hall–Kier alpha value is -0.280. The summed E-state index contributed by atoms with van der Waals surface area (Å²) in [4.78, 5) is 10.4. The molecule has 1 fully saturated rings. The first-order valence-corrected chi connectivity index (χ1v) is 3.70. The fourth-order valence-corrected chi connectivity index (χ4v) is 1.31. The molecule has 0 aromatic rings. The second kappa shape index (κ2) is 4.57. The Kier molecular flexibility index (Phi) is 4.45. The van der Waals surface area contributed by atoms with Gasteiger partial charge >= 0.3 is 5.97 Å². The second-order valence-electron chi connectivity index (χ2n) is 2.81. The van der Waals surface area contributed by atoms with Crippen molar-refractivity contribution in [3.8, 4) is 0 Å². The summed E-state index contributed by atoms with van der Waals surface area (Å²) in [6, 6.07) is -0.287. The van der Waals surface area contributed by atoms with Crippen LogP contribution < -0.4 is 5.32 Å². The normalized spacial score (nSPS) is 29.5. The summed E-state index contributed by atoms with van der Waals surface area (Å²) in [7, 11) is 0. The Labute approximate surface area is 72.6 Å². The van der Waals surface area contributed by atoms with Crippen molar-refractivity contribution in [3.63, 3.8) is 0 Å². The number of hydrogen-bond donors (Lipinski definition) is 2. The standard InChI is InChI=1S/C7H13NO2.ClH/c1-2-5-3-6(7(9)10)8-4-5;/h5-6,8H,2-4H2,1H3,(H,9,10);1H/t5-,6+;/m1./s1. The largest absolute Gasteiger partial charge is 0.480 e.